The van der Waals surface area contributed by atoms with E-state index in [0.29, 0.717) is 22.4 Å². The number of imide groups is 2. The van der Waals surface area contributed by atoms with E-state index in [-0.39, 0.29) is 40.0 Å². The van der Waals surface area contributed by atoms with Gasteiger partial charge in [0.2, 0.25) is 11.8 Å². The average molecular weight is 884 g/mol. The van der Waals surface area contributed by atoms with Crippen molar-refractivity contribution in [2.24, 2.45) is 36.1 Å². The molecule has 2 aliphatic heterocycles. The zero-order chi connectivity index (χ0) is 42.2. The molecule has 59 heavy (non-hydrogen) atoms. The fraction of sp³-hybridized carbons (Fsp3) is 0.317. The van der Waals surface area contributed by atoms with Crippen LogP contribution in [0.25, 0.3) is 20.7 Å². The summed E-state index contributed by atoms with van der Waals surface area (Å²) in [5.41, 5.74) is -0.481. The maximum absolute atomic E-state index is 15.1. The van der Waals surface area contributed by atoms with Crippen LogP contribution in [0.1, 0.15) is 42.5 Å². The Balaban J connectivity index is 1.13. The highest BCUT2D eigenvalue weighted by molar-refractivity contribution is 7.22. The number of hydrazine groups is 1. The van der Waals surface area contributed by atoms with E-state index < -0.39 is 76.3 Å². The Bertz CT molecular complexity index is 2740. The number of carbonyl (C=O) groups excluding carboxylic acids is 4. The molecule has 2 aliphatic carbocycles. The highest BCUT2D eigenvalue weighted by Gasteiger charge is 2.68. The molecular weight excluding hydrogens is 852 g/mol. The minimum atomic E-state index is -4.83. The van der Waals surface area contributed by atoms with Crippen molar-refractivity contribution in [2.45, 2.75) is 38.8 Å². The second-order valence-electron chi connectivity index (χ2n) is 15.6. The second kappa shape index (κ2) is 13.5. The molecule has 6 unspecified atom stereocenters. The van der Waals surface area contributed by atoms with Crippen molar-refractivity contribution < 1.29 is 37.5 Å². The largest absolute Gasteiger partial charge is 0.508 e. The molecule has 4 amide bonds. The third-order valence-corrected chi connectivity index (χ3v) is 14.6. The quantitative estimate of drug-likeness (QED) is 0.137. The Hall–Kier alpha value is -4.96. The van der Waals surface area contributed by atoms with Gasteiger partial charge >= 0.3 is 6.18 Å². The van der Waals surface area contributed by atoms with Gasteiger partial charge in [0.1, 0.15) is 23.0 Å². The van der Waals surface area contributed by atoms with Crippen molar-refractivity contribution in [3.63, 3.8) is 0 Å². The highest BCUT2D eigenvalue weighted by Crippen LogP contribution is 2.64. The Labute approximate surface area is 353 Å². The molecule has 3 fully saturated rings. The molecule has 18 heteroatoms. The lowest BCUT2D eigenvalue weighted by Crippen LogP contribution is -2.49. The van der Waals surface area contributed by atoms with Crippen molar-refractivity contribution in [3.8, 4) is 16.3 Å². The molecule has 11 nitrogen and oxygen atoms in total. The summed E-state index contributed by atoms with van der Waals surface area (Å²) in [4.78, 5) is 64.3. The lowest BCUT2D eigenvalue weighted by Gasteiger charge is -2.49. The number of amides is 4. The number of aryl methyl sites for hydroxylation is 2. The summed E-state index contributed by atoms with van der Waals surface area (Å²) in [6.45, 7) is 3.62. The molecule has 0 bridgehead atoms. The van der Waals surface area contributed by atoms with Crippen LogP contribution in [0.2, 0.25) is 15.1 Å². The number of phenolic OH excluding ortho intramolecular Hbond substituents is 1. The normalized spacial score (nSPS) is 25.5. The van der Waals surface area contributed by atoms with E-state index in [4.69, 9.17) is 39.9 Å². The molecule has 5 heterocycles. The van der Waals surface area contributed by atoms with Crippen LogP contribution in [0.5, 0.6) is 5.75 Å². The van der Waals surface area contributed by atoms with Gasteiger partial charge in [-0.15, -0.1) is 11.3 Å². The Kier molecular flexibility index (Phi) is 9.06. The predicted molar refractivity (Wildman–Crippen MR) is 216 cm³/mol. The van der Waals surface area contributed by atoms with Crippen LogP contribution in [0.15, 0.2) is 66.2 Å². The third-order valence-electron chi connectivity index (χ3n) is 12.5. The molecule has 9 rings (SSSR count). The number of nitrogens with zero attached hydrogens (tertiary/aromatic N) is 6. The highest BCUT2D eigenvalue weighted by atomic mass is 35.5. The number of anilines is 2. The van der Waals surface area contributed by atoms with Crippen molar-refractivity contribution in [1.82, 2.24) is 19.8 Å². The van der Waals surface area contributed by atoms with Crippen LogP contribution in [-0.4, -0.2) is 55.6 Å². The number of benzene rings is 2. The van der Waals surface area contributed by atoms with E-state index in [1.165, 1.54) is 41.3 Å². The maximum Gasteiger partial charge on any atom is 0.433 e. The van der Waals surface area contributed by atoms with Gasteiger partial charge in [-0.2, -0.15) is 23.3 Å². The fourth-order valence-electron chi connectivity index (χ4n) is 9.74. The number of hydrogen-bond donors (Lipinski definition) is 1. The van der Waals surface area contributed by atoms with Crippen LogP contribution in [-0.2, 0) is 32.4 Å². The lowest BCUT2D eigenvalue weighted by atomic mass is 9.51. The number of rotatable bonds is 5. The summed E-state index contributed by atoms with van der Waals surface area (Å²) in [5.74, 6) is -7.80. The van der Waals surface area contributed by atoms with Gasteiger partial charge < -0.3 is 5.11 Å². The molecule has 4 aliphatic rings. The molecule has 2 saturated heterocycles. The number of pyridine rings is 1. The van der Waals surface area contributed by atoms with Gasteiger partial charge in [0, 0.05) is 46.4 Å². The molecule has 304 valence electrons. The Morgan fingerprint density at radius 2 is 1.66 bits per heavy atom. The van der Waals surface area contributed by atoms with E-state index >= 15 is 4.79 Å². The molecule has 0 spiro atoms. The summed E-state index contributed by atoms with van der Waals surface area (Å²) < 4.78 is 43.5. The minimum absolute atomic E-state index is 0.0254. The standard InChI is InChI=1S/C41H32Cl3F3N6O5S/c1-17-22-13-19(43)6-11-29(22)59-34(17)27-16-31(50(3)49-27)52-37(56)25-15-23-20(33(40(25,2)39(52)58)24-14-18(42)5-10-28(24)54)7-8-21-32(23)38(57)53(36(21)55)51(4)35-26(44)9-12-30(48-35)41(45,46)47/h5-7,9-14,16,21,23,25,32-33,54H,8,15H2,1-4H3. The van der Waals surface area contributed by atoms with Gasteiger partial charge in [-0.3, -0.25) is 28.9 Å². The van der Waals surface area contributed by atoms with Crippen LogP contribution >= 0.6 is 46.1 Å². The molecule has 2 aromatic carbocycles. The molecule has 6 atom stereocenters. The van der Waals surface area contributed by atoms with E-state index in [1.807, 2.05) is 19.1 Å². The van der Waals surface area contributed by atoms with Gasteiger partial charge in [0.15, 0.2) is 5.82 Å². The van der Waals surface area contributed by atoms with Crippen molar-refractivity contribution >= 4 is 91.5 Å². The van der Waals surface area contributed by atoms with E-state index in [0.717, 1.165) is 41.5 Å². The molecule has 1 N–H and O–H groups in total. The van der Waals surface area contributed by atoms with Crippen LogP contribution in [0.3, 0.4) is 0 Å². The van der Waals surface area contributed by atoms with E-state index in [1.54, 1.807) is 32.2 Å². The number of fused-ring (bicyclic) bond motifs is 5. The zero-order valence-corrected chi connectivity index (χ0v) is 34.6. The predicted octanol–water partition coefficient (Wildman–Crippen LogP) is 8.97. The summed E-state index contributed by atoms with van der Waals surface area (Å²) in [7, 11) is 2.87. The van der Waals surface area contributed by atoms with Gasteiger partial charge in [-0.25, -0.2) is 9.88 Å². The molecular formula is C41H32Cl3F3N6O5S. The van der Waals surface area contributed by atoms with Crippen LogP contribution < -0.4 is 9.91 Å². The number of allylic oxidation sites excluding steroid dienone is 2. The Morgan fingerprint density at radius 3 is 2.39 bits per heavy atom. The number of hydrogen-bond acceptors (Lipinski definition) is 9. The van der Waals surface area contributed by atoms with Crippen molar-refractivity contribution in [1.29, 1.82) is 0 Å². The average Bonchev–Trinajstić information content (AvgIpc) is 3.85. The third kappa shape index (κ3) is 5.75. The first-order valence-corrected chi connectivity index (χ1v) is 20.4. The van der Waals surface area contributed by atoms with E-state index in [9.17, 15) is 32.7 Å². The van der Waals surface area contributed by atoms with Gasteiger partial charge in [0.05, 0.1) is 33.1 Å². The monoisotopic (exact) mass is 882 g/mol. The van der Waals surface area contributed by atoms with Gasteiger partial charge in [-0.05, 0) is 92.1 Å². The number of alkyl halides is 3. The maximum atomic E-state index is 15.1. The Morgan fingerprint density at radius 1 is 0.949 bits per heavy atom. The molecule has 0 radical (unpaired) electrons. The summed E-state index contributed by atoms with van der Waals surface area (Å²) >= 11 is 20.6. The molecule has 1 saturated carbocycles. The molecule has 5 aromatic rings. The first-order chi connectivity index (χ1) is 27.8. The lowest BCUT2D eigenvalue weighted by molar-refractivity contribution is -0.141. The first-order valence-electron chi connectivity index (χ1n) is 18.5. The first kappa shape index (κ1) is 39.5. The number of phenols is 1. The number of thiophene rings is 1. The number of aromatic hydroxyl groups is 1. The van der Waals surface area contributed by atoms with Crippen LogP contribution in [0.4, 0.5) is 24.8 Å². The van der Waals surface area contributed by atoms with Crippen molar-refractivity contribution in [3.05, 3.63) is 98.1 Å². The smallest absolute Gasteiger partial charge is 0.433 e. The number of carbonyl (C=O) groups is 4. The van der Waals surface area contributed by atoms with E-state index in [2.05, 4.69) is 4.98 Å². The topological polar surface area (TPSA) is 129 Å². The van der Waals surface area contributed by atoms with Crippen molar-refractivity contribution in [2.75, 3.05) is 17.0 Å². The second-order valence-corrected chi connectivity index (χ2v) is 17.9. The summed E-state index contributed by atoms with van der Waals surface area (Å²) in [6.07, 6.45) is -3.04. The number of halogens is 6. The number of aromatic nitrogens is 3. The fourth-order valence-corrected chi connectivity index (χ4v) is 11.5. The SMILES string of the molecule is Cc1c(-c2cc(N3C(=O)C4CC5C(=CCC6C(=O)N(N(C)c7nc(C(F)(F)F)ccc7Cl)C(=O)C65)C(c5cc(Cl)ccc5O)C4(C)C3=O)n(C)n2)sc2ccc(Cl)cc12. The zero-order valence-electron chi connectivity index (χ0n) is 31.5. The summed E-state index contributed by atoms with van der Waals surface area (Å²) in [5, 5.41) is 19.4. The van der Waals surface area contributed by atoms with Gasteiger partial charge in [-0.1, -0.05) is 46.5 Å². The van der Waals surface area contributed by atoms with Crippen LogP contribution in [0, 0.1) is 36.0 Å². The molecule has 3 aromatic heterocycles. The summed E-state index contributed by atoms with van der Waals surface area (Å²) in [6, 6.07) is 13.4. The minimum Gasteiger partial charge on any atom is -0.508 e. The van der Waals surface area contributed by atoms with Gasteiger partial charge in [0.25, 0.3) is 11.8 Å².